The molecule has 0 aromatic rings. The Balaban J connectivity index is 2.63. The second-order valence-corrected chi connectivity index (χ2v) is 6.52. The summed E-state index contributed by atoms with van der Waals surface area (Å²) in [5.74, 6) is -0.538. The third-order valence-corrected chi connectivity index (χ3v) is 5.35. The Kier molecular flexibility index (Phi) is 4.28. The first-order chi connectivity index (χ1) is 7.39. The van der Waals surface area contributed by atoms with Gasteiger partial charge in [-0.2, -0.15) is 0 Å². The lowest BCUT2D eigenvalue weighted by Crippen LogP contribution is -2.46. The number of carbonyl (C=O) groups is 1. The van der Waals surface area contributed by atoms with Crippen LogP contribution in [0.25, 0.3) is 0 Å². The summed E-state index contributed by atoms with van der Waals surface area (Å²) in [4.78, 5) is 10.9. The number of rotatable bonds is 4. The number of amides is 1. The second-order valence-electron chi connectivity index (χ2n) is 4.17. The van der Waals surface area contributed by atoms with Crippen LogP contribution in [0.1, 0.15) is 19.8 Å². The van der Waals surface area contributed by atoms with Crippen molar-refractivity contribution in [2.75, 3.05) is 19.6 Å². The third kappa shape index (κ3) is 2.72. The number of nitrogens with zero attached hydrogens (tertiary/aromatic N) is 1. The van der Waals surface area contributed by atoms with Gasteiger partial charge in [0.15, 0.2) is 0 Å². The number of primary amides is 1. The van der Waals surface area contributed by atoms with Crippen LogP contribution < -0.4 is 11.5 Å². The number of piperidine rings is 1. The summed E-state index contributed by atoms with van der Waals surface area (Å²) in [6.45, 7) is 2.42. The lowest BCUT2D eigenvalue weighted by atomic mass is 9.98. The Morgan fingerprint density at radius 3 is 2.31 bits per heavy atom. The number of carbonyl (C=O) groups excluding carboxylic acids is 1. The van der Waals surface area contributed by atoms with Crippen molar-refractivity contribution < 1.29 is 13.2 Å². The highest BCUT2D eigenvalue weighted by molar-refractivity contribution is 7.89. The van der Waals surface area contributed by atoms with Gasteiger partial charge in [-0.3, -0.25) is 4.79 Å². The van der Waals surface area contributed by atoms with Crippen LogP contribution in [-0.2, 0) is 14.8 Å². The van der Waals surface area contributed by atoms with Gasteiger partial charge in [-0.25, -0.2) is 12.7 Å². The van der Waals surface area contributed by atoms with Gasteiger partial charge in [-0.15, -0.1) is 0 Å². The molecule has 1 atom stereocenters. The Bertz CT molecular complexity index is 347. The molecule has 94 valence electrons. The first-order valence-corrected chi connectivity index (χ1v) is 6.88. The topological polar surface area (TPSA) is 106 Å². The highest BCUT2D eigenvalue weighted by atomic mass is 32.2. The van der Waals surface area contributed by atoms with E-state index in [1.165, 1.54) is 4.31 Å². The molecule has 0 aromatic carbocycles. The summed E-state index contributed by atoms with van der Waals surface area (Å²) in [5, 5.41) is -0.572. The average molecular weight is 249 g/mol. The molecule has 1 fully saturated rings. The van der Waals surface area contributed by atoms with Gasteiger partial charge in [-0.05, 0) is 19.8 Å². The normalized spacial score (nSPS) is 21.9. The maximum absolute atomic E-state index is 11.9. The standard InChI is InChI=1S/C9H19N3O3S/c1-7(6-10)16(14,15)12-4-2-8(3-5-12)9(11)13/h7-8H,2-6,10H2,1H3,(H2,11,13). The zero-order valence-corrected chi connectivity index (χ0v) is 10.2. The first-order valence-electron chi connectivity index (χ1n) is 5.38. The molecule has 7 heteroatoms. The fourth-order valence-electron chi connectivity index (χ4n) is 1.77. The maximum atomic E-state index is 11.9. The molecule has 1 saturated heterocycles. The van der Waals surface area contributed by atoms with Crippen LogP contribution in [0.15, 0.2) is 0 Å². The van der Waals surface area contributed by atoms with E-state index in [1.54, 1.807) is 6.92 Å². The molecule has 16 heavy (non-hydrogen) atoms. The Morgan fingerprint density at radius 2 is 1.94 bits per heavy atom. The molecule has 1 aliphatic heterocycles. The van der Waals surface area contributed by atoms with E-state index in [9.17, 15) is 13.2 Å². The summed E-state index contributed by atoms with van der Waals surface area (Å²) in [5.41, 5.74) is 10.5. The molecule has 1 heterocycles. The molecule has 0 saturated carbocycles. The highest BCUT2D eigenvalue weighted by Gasteiger charge is 2.32. The van der Waals surface area contributed by atoms with E-state index in [4.69, 9.17) is 11.5 Å². The highest BCUT2D eigenvalue weighted by Crippen LogP contribution is 2.20. The van der Waals surface area contributed by atoms with Crippen LogP contribution in [0.5, 0.6) is 0 Å². The van der Waals surface area contributed by atoms with E-state index in [0.717, 1.165) is 0 Å². The molecular weight excluding hydrogens is 230 g/mol. The molecule has 6 nitrogen and oxygen atoms in total. The van der Waals surface area contributed by atoms with Crippen LogP contribution in [0, 0.1) is 5.92 Å². The van der Waals surface area contributed by atoms with Gasteiger partial charge >= 0.3 is 0 Å². The average Bonchev–Trinajstić information content (AvgIpc) is 2.28. The molecule has 0 aliphatic carbocycles. The summed E-state index contributed by atoms with van der Waals surface area (Å²) in [7, 11) is -3.31. The van der Waals surface area contributed by atoms with Gasteiger partial charge in [0.1, 0.15) is 0 Å². The smallest absolute Gasteiger partial charge is 0.220 e. The fourth-order valence-corrected chi connectivity index (χ4v) is 3.24. The van der Waals surface area contributed by atoms with Crippen molar-refractivity contribution >= 4 is 15.9 Å². The third-order valence-electron chi connectivity index (χ3n) is 3.06. The van der Waals surface area contributed by atoms with Gasteiger partial charge in [0, 0.05) is 25.6 Å². The second kappa shape index (κ2) is 5.11. The zero-order chi connectivity index (χ0) is 12.3. The minimum absolute atomic E-state index is 0.109. The zero-order valence-electron chi connectivity index (χ0n) is 9.43. The Hall–Kier alpha value is -0.660. The molecule has 4 N–H and O–H groups in total. The summed E-state index contributed by atoms with van der Waals surface area (Å²) in [6, 6.07) is 0. The Morgan fingerprint density at radius 1 is 1.44 bits per heavy atom. The molecule has 1 unspecified atom stereocenters. The van der Waals surface area contributed by atoms with Crippen molar-refractivity contribution in [3.05, 3.63) is 0 Å². The minimum Gasteiger partial charge on any atom is -0.369 e. The van der Waals surface area contributed by atoms with Gasteiger partial charge < -0.3 is 11.5 Å². The van der Waals surface area contributed by atoms with Crippen molar-refractivity contribution in [2.45, 2.75) is 25.0 Å². The minimum atomic E-state index is -3.31. The maximum Gasteiger partial charge on any atom is 0.220 e. The monoisotopic (exact) mass is 249 g/mol. The van der Waals surface area contributed by atoms with Crippen LogP contribution in [0.2, 0.25) is 0 Å². The van der Waals surface area contributed by atoms with Crippen molar-refractivity contribution in [1.29, 1.82) is 0 Å². The van der Waals surface area contributed by atoms with Crippen LogP contribution >= 0.6 is 0 Å². The molecule has 0 spiro atoms. The SMILES string of the molecule is CC(CN)S(=O)(=O)N1CCC(C(N)=O)CC1. The molecule has 1 amide bonds. The van der Waals surface area contributed by atoms with Gasteiger partial charge in [0.2, 0.25) is 15.9 Å². The molecule has 0 aromatic heterocycles. The van der Waals surface area contributed by atoms with Crippen molar-refractivity contribution in [1.82, 2.24) is 4.31 Å². The van der Waals surface area contributed by atoms with Gasteiger partial charge in [-0.1, -0.05) is 0 Å². The lowest BCUT2D eigenvalue weighted by Gasteiger charge is -2.31. The lowest BCUT2D eigenvalue weighted by molar-refractivity contribution is -0.122. The number of hydrogen-bond donors (Lipinski definition) is 2. The van der Waals surface area contributed by atoms with Crippen molar-refractivity contribution in [2.24, 2.45) is 17.4 Å². The molecular formula is C9H19N3O3S. The quantitative estimate of drug-likeness (QED) is 0.656. The largest absolute Gasteiger partial charge is 0.369 e. The van der Waals surface area contributed by atoms with E-state index in [0.29, 0.717) is 25.9 Å². The summed E-state index contributed by atoms with van der Waals surface area (Å²) < 4.78 is 25.3. The van der Waals surface area contributed by atoms with Gasteiger partial charge in [0.25, 0.3) is 0 Å². The Labute approximate surface area is 96.0 Å². The molecule has 1 rings (SSSR count). The van der Waals surface area contributed by atoms with E-state index < -0.39 is 15.3 Å². The van der Waals surface area contributed by atoms with E-state index in [-0.39, 0.29) is 18.4 Å². The number of hydrogen-bond acceptors (Lipinski definition) is 4. The first kappa shape index (κ1) is 13.4. The van der Waals surface area contributed by atoms with Crippen LogP contribution in [0.3, 0.4) is 0 Å². The predicted molar refractivity (Wildman–Crippen MR) is 60.9 cm³/mol. The molecule has 0 radical (unpaired) electrons. The van der Waals surface area contributed by atoms with E-state index in [2.05, 4.69) is 0 Å². The van der Waals surface area contributed by atoms with Crippen LogP contribution in [-0.4, -0.2) is 43.5 Å². The summed E-state index contributed by atoms with van der Waals surface area (Å²) >= 11 is 0. The van der Waals surface area contributed by atoms with Crippen molar-refractivity contribution in [3.63, 3.8) is 0 Å². The molecule has 1 aliphatic rings. The van der Waals surface area contributed by atoms with Crippen LogP contribution in [0.4, 0.5) is 0 Å². The number of sulfonamides is 1. The van der Waals surface area contributed by atoms with E-state index >= 15 is 0 Å². The number of nitrogens with two attached hydrogens (primary N) is 2. The van der Waals surface area contributed by atoms with E-state index in [1.807, 2.05) is 0 Å². The fraction of sp³-hybridized carbons (Fsp3) is 0.889. The van der Waals surface area contributed by atoms with Crippen molar-refractivity contribution in [3.8, 4) is 0 Å². The van der Waals surface area contributed by atoms with Gasteiger partial charge in [0.05, 0.1) is 5.25 Å². The predicted octanol–water partition coefficient (Wildman–Crippen LogP) is -1.14. The molecule has 0 bridgehead atoms. The summed E-state index contributed by atoms with van der Waals surface area (Å²) in [6.07, 6.45) is 1.01.